The number of aromatic nitrogens is 3. The molecule has 2 aromatic heterocycles. The molecule has 0 radical (unpaired) electrons. The maximum atomic E-state index is 13.3. The van der Waals surface area contributed by atoms with Gasteiger partial charge in [0.15, 0.2) is 5.03 Å². The highest BCUT2D eigenvalue weighted by molar-refractivity contribution is 7.91. The van der Waals surface area contributed by atoms with Gasteiger partial charge in [-0.15, -0.1) is 0 Å². The lowest BCUT2D eigenvalue weighted by atomic mass is 10.3. The fourth-order valence-corrected chi connectivity index (χ4v) is 4.22. The number of benzene rings is 1. The zero-order chi connectivity index (χ0) is 21.0. The number of rotatable bonds is 7. The fraction of sp³-hybridized carbons (Fsp3) is 0.167. The number of ether oxygens (including phenoxy) is 1. The number of para-hydroxylation sites is 1. The lowest BCUT2D eigenvalue weighted by Crippen LogP contribution is -2.23. The summed E-state index contributed by atoms with van der Waals surface area (Å²) in [5.41, 5.74) is 0.768. The molecule has 9 nitrogen and oxygen atoms in total. The second kappa shape index (κ2) is 8.50. The van der Waals surface area contributed by atoms with E-state index in [1.807, 2.05) is 0 Å². The molecule has 1 aromatic carbocycles. The number of nitrogens with zero attached hydrogens (tertiary/aromatic N) is 3. The largest absolute Gasteiger partial charge is 0.481 e. The van der Waals surface area contributed by atoms with E-state index in [2.05, 4.69) is 15.4 Å². The predicted octanol–water partition coefficient (Wildman–Crippen LogP) is 2.57. The summed E-state index contributed by atoms with van der Waals surface area (Å²) in [4.78, 5) is 14.6. The zero-order valence-electron chi connectivity index (χ0n) is 15.2. The number of hydrogen-bond donors (Lipinski definition) is 2. The molecule has 2 heterocycles. The highest BCUT2D eigenvalue weighted by Gasteiger charge is 2.26. The summed E-state index contributed by atoms with van der Waals surface area (Å²) in [6, 6.07) is 10.7. The second-order valence-corrected chi connectivity index (χ2v) is 8.16. The average Bonchev–Trinajstić information content (AvgIpc) is 3.13. The van der Waals surface area contributed by atoms with Crippen LogP contribution in [0.15, 0.2) is 58.6 Å². The van der Waals surface area contributed by atoms with Gasteiger partial charge in [0.2, 0.25) is 15.7 Å². The standard InChI is InChI=1S/C18H17ClN4O5S/c1-28-16-11-13(7-9-20-16)29(26,27)17-10-12(6-8-21-18(24)25)22-23(17)15-5-3-2-4-14(15)19/h2-5,7,9-11,21H,6,8H2,1H3,(H,24,25). The fourth-order valence-electron chi connectivity index (χ4n) is 2.61. The zero-order valence-corrected chi connectivity index (χ0v) is 16.8. The van der Waals surface area contributed by atoms with Gasteiger partial charge in [0.1, 0.15) is 0 Å². The lowest BCUT2D eigenvalue weighted by Gasteiger charge is -2.10. The molecule has 0 spiro atoms. The van der Waals surface area contributed by atoms with Crippen LogP contribution in [0.1, 0.15) is 5.69 Å². The highest BCUT2D eigenvalue weighted by Crippen LogP contribution is 2.28. The van der Waals surface area contributed by atoms with E-state index >= 15 is 0 Å². The molecule has 3 aromatic rings. The quantitative estimate of drug-likeness (QED) is 0.583. The third-order valence-electron chi connectivity index (χ3n) is 3.97. The molecule has 0 unspecified atom stereocenters. The number of halogens is 1. The Morgan fingerprint density at radius 3 is 2.72 bits per heavy atom. The van der Waals surface area contributed by atoms with Crippen molar-refractivity contribution in [3.8, 4) is 11.6 Å². The first-order valence-corrected chi connectivity index (χ1v) is 10.2. The molecule has 0 saturated carbocycles. The summed E-state index contributed by atoms with van der Waals surface area (Å²) in [6.07, 6.45) is 0.359. The van der Waals surface area contributed by atoms with Crippen LogP contribution in [0.3, 0.4) is 0 Å². The third kappa shape index (κ3) is 4.49. The number of carboxylic acid groups (broad SMARTS) is 1. The summed E-state index contributed by atoms with van der Waals surface area (Å²) in [7, 11) is -2.61. The van der Waals surface area contributed by atoms with E-state index in [4.69, 9.17) is 21.4 Å². The normalized spacial score (nSPS) is 11.2. The van der Waals surface area contributed by atoms with Crippen LogP contribution in [0.5, 0.6) is 5.88 Å². The number of carbonyl (C=O) groups is 1. The van der Waals surface area contributed by atoms with Crippen molar-refractivity contribution in [3.63, 3.8) is 0 Å². The minimum atomic E-state index is -4.00. The van der Waals surface area contributed by atoms with Gasteiger partial charge in [0, 0.05) is 25.2 Å². The SMILES string of the molecule is COc1cc(S(=O)(=O)c2cc(CCNC(=O)O)nn2-c2ccccc2Cl)ccn1. The minimum Gasteiger partial charge on any atom is -0.481 e. The van der Waals surface area contributed by atoms with E-state index in [0.717, 1.165) is 0 Å². The second-order valence-electron chi connectivity index (χ2n) is 5.86. The molecule has 29 heavy (non-hydrogen) atoms. The summed E-state index contributed by atoms with van der Waals surface area (Å²) < 4.78 is 32.9. The first-order valence-electron chi connectivity index (χ1n) is 8.38. The van der Waals surface area contributed by atoms with Crippen molar-refractivity contribution in [1.29, 1.82) is 0 Å². The van der Waals surface area contributed by atoms with Gasteiger partial charge in [-0.25, -0.2) is 22.9 Å². The summed E-state index contributed by atoms with van der Waals surface area (Å²) in [6.45, 7) is 0.0808. The van der Waals surface area contributed by atoms with Crippen LogP contribution in [0.25, 0.3) is 5.69 Å². The lowest BCUT2D eigenvalue weighted by molar-refractivity contribution is 0.194. The predicted molar refractivity (Wildman–Crippen MR) is 105 cm³/mol. The number of hydrogen-bond acceptors (Lipinski definition) is 6. The Morgan fingerprint density at radius 1 is 1.28 bits per heavy atom. The Morgan fingerprint density at radius 2 is 2.03 bits per heavy atom. The van der Waals surface area contributed by atoms with Gasteiger partial charge in [-0.1, -0.05) is 23.7 Å². The molecular weight excluding hydrogens is 420 g/mol. The molecule has 0 bridgehead atoms. The molecule has 0 aliphatic rings. The van der Waals surface area contributed by atoms with Crippen LogP contribution in [0, 0.1) is 0 Å². The van der Waals surface area contributed by atoms with E-state index in [-0.39, 0.29) is 28.8 Å². The van der Waals surface area contributed by atoms with Gasteiger partial charge in [0.25, 0.3) is 0 Å². The van der Waals surface area contributed by atoms with Gasteiger partial charge < -0.3 is 15.2 Å². The molecule has 0 aliphatic carbocycles. The van der Waals surface area contributed by atoms with Crippen molar-refractivity contribution in [2.24, 2.45) is 0 Å². The first kappa shape index (κ1) is 20.6. The number of pyridine rings is 1. The monoisotopic (exact) mass is 436 g/mol. The van der Waals surface area contributed by atoms with Gasteiger partial charge in [0.05, 0.1) is 28.4 Å². The smallest absolute Gasteiger partial charge is 0.404 e. The molecule has 0 aliphatic heterocycles. The number of sulfone groups is 1. The maximum Gasteiger partial charge on any atom is 0.404 e. The summed E-state index contributed by atoms with van der Waals surface area (Å²) >= 11 is 6.25. The van der Waals surface area contributed by atoms with Crippen molar-refractivity contribution >= 4 is 27.5 Å². The molecule has 2 N–H and O–H groups in total. The van der Waals surface area contributed by atoms with E-state index in [1.165, 1.54) is 36.2 Å². The van der Waals surface area contributed by atoms with Crippen molar-refractivity contribution in [1.82, 2.24) is 20.1 Å². The molecule has 1 amide bonds. The topological polar surface area (TPSA) is 123 Å². The minimum absolute atomic E-state index is 0.0206. The Hall–Kier alpha value is -3.11. The molecule has 152 valence electrons. The molecule has 0 saturated heterocycles. The van der Waals surface area contributed by atoms with Crippen molar-refractivity contribution < 1.29 is 23.1 Å². The van der Waals surface area contributed by atoms with Crippen LogP contribution in [-0.2, 0) is 16.3 Å². The Kier molecular flexibility index (Phi) is 6.04. The van der Waals surface area contributed by atoms with Gasteiger partial charge >= 0.3 is 6.09 Å². The van der Waals surface area contributed by atoms with Gasteiger partial charge in [-0.3, -0.25) is 0 Å². The number of nitrogens with one attached hydrogen (secondary N) is 1. The van der Waals surface area contributed by atoms with E-state index in [9.17, 15) is 13.2 Å². The number of amides is 1. The third-order valence-corrected chi connectivity index (χ3v) is 6.00. The summed E-state index contributed by atoms with van der Waals surface area (Å²) in [5.74, 6) is 0.153. The Labute approximate surface area is 171 Å². The molecule has 3 rings (SSSR count). The van der Waals surface area contributed by atoms with Gasteiger partial charge in [-0.05, 0) is 24.3 Å². The molecule has 0 atom stereocenters. The maximum absolute atomic E-state index is 13.3. The van der Waals surface area contributed by atoms with Crippen molar-refractivity contribution in [2.45, 2.75) is 16.3 Å². The van der Waals surface area contributed by atoms with Crippen molar-refractivity contribution in [2.75, 3.05) is 13.7 Å². The van der Waals surface area contributed by atoms with Crippen LogP contribution >= 0.6 is 11.6 Å². The molecular formula is C18H17ClN4O5S. The molecule has 0 fully saturated rings. The van der Waals surface area contributed by atoms with E-state index in [0.29, 0.717) is 16.4 Å². The molecule has 11 heteroatoms. The Balaban J connectivity index is 2.11. The number of methoxy groups -OCH3 is 1. The van der Waals surface area contributed by atoms with Crippen molar-refractivity contribution in [3.05, 3.63) is 59.4 Å². The van der Waals surface area contributed by atoms with Gasteiger partial charge in [-0.2, -0.15) is 5.10 Å². The van der Waals surface area contributed by atoms with Crippen LogP contribution in [0.4, 0.5) is 4.79 Å². The highest BCUT2D eigenvalue weighted by atomic mass is 35.5. The van der Waals surface area contributed by atoms with Crippen LogP contribution in [0.2, 0.25) is 5.02 Å². The average molecular weight is 437 g/mol. The van der Waals surface area contributed by atoms with E-state index in [1.54, 1.807) is 24.3 Å². The Bertz CT molecular complexity index is 1150. The van der Waals surface area contributed by atoms with Crippen LogP contribution in [-0.4, -0.2) is 48.0 Å². The first-order chi connectivity index (χ1) is 13.8. The summed E-state index contributed by atoms with van der Waals surface area (Å²) in [5, 5.41) is 15.5. The van der Waals surface area contributed by atoms with E-state index < -0.39 is 15.9 Å². The van der Waals surface area contributed by atoms with Crippen LogP contribution < -0.4 is 10.1 Å².